The number of nitrogens with two attached hydrogens (primary N) is 1. The molecule has 1 aromatic carbocycles. The van der Waals surface area contributed by atoms with Gasteiger partial charge in [0.1, 0.15) is 11.5 Å². The van der Waals surface area contributed by atoms with Crippen LogP contribution in [0.4, 0.5) is 11.5 Å². The van der Waals surface area contributed by atoms with Crippen LogP contribution < -0.4 is 16.4 Å². The van der Waals surface area contributed by atoms with Gasteiger partial charge in [0.05, 0.1) is 11.3 Å². The fourth-order valence-electron chi connectivity index (χ4n) is 1.92. The van der Waals surface area contributed by atoms with Crippen LogP contribution in [0.1, 0.15) is 33.7 Å². The Balaban J connectivity index is 1.78. The zero-order valence-electron chi connectivity index (χ0n) is 11.2. The van der Waals surface area contributed by atoms with Gasteiger partial charge in [0.2, 0.25) is 0 Å². The summed E-state index contributed by atoms with van der Waals surface area (Å²) in [5.41, 5.74) is 6.59. The van der Waals surface area contributed by atoms with Gasteiger partial charge in [0.15, 0.2) is 0 Å². The number of nitrogen functional groups attached to an aromatic ring is 1. The Kier molecular flexibility index (Phi) is 3.31. The molecule has 2 aromatic rings. The third kappa shape index (κ3) is 3.02. The van der Waals surface area contributed by atoms with Gasteiger partial charge in [-0.3, -0.25) is 14.7 Å². The quantitative estimate of drug-likeness (QED) is 0.674. The van der Waals surface area contributed by atoms with E-state index < -0.39 is 5.91 Å². The highest BCUT2D eigenvalue weighted by atomic mass is 16.2. The Morgan fingerprint density at radius 2 is 2.00 bits per heavy atom. The molecule has 1 fully saturated rings. The Morgan fingerprint density at radius 1 is 1.24 bits per heavy atom. The standard InChI is InChI=1S/C14H15N5O2/c15-12-7-11(18-19-12)14(21)17-10-4-2-1-3-9(10)13(20)16-8-5-6-8/h1-4,7-8H,5-6H2,(H,16,20)(H,17,21)(H3,15,18,19). The molecule has 1 aromatic heterocycles. The first kappa shape index (κ1) is 13.2. The van der Waals surface area contributed by atoms with Gasteiger partial charge in [0, 0.05) is 12.1 Å². The van der Waals surface area contributed by atoms with E-state index in [-0.39, 0.29) is 23.5 Å². The van der Waals surface area contributed by atoms with Crippen LogP contribution in [-0.4, -0.2) is 28.1 Å². The van der Waals surface area contributed by atoms with Crippen molar-refractivity contribution in [1.29, 1.82) is 0 Å². The number of nitrogens with one attached hydrogen (secondary N) is 3. The Hall–Kier alpha value is -2.83. The van der Waals surface area contributed by atoms with E-state index in [2.05, 4.69) is 20.8 Å². The van der Waals surface area contributed by atoms with Gasteiger partial charge in [-0.25, -0.2) is 0 Å². The number of anilines is 2. The number of rotatable bonds is 4. The molecule has 0 aliphatic heterocycles. The minimum absolute atomic E-state index is 0.183. The lowest BCUT2D eigenvalue weighted by molar-refractivity contribution is 0.0952. The summed E-state index contributed by atoms with van der Waals surface area (Å²) in [7, 11) is 0. The number of hydrogen-bond donors (Lipinski definition) is 4. The second-order valence-electron chi connectivity index (χ2n) is 4.95. The van der Waals surface area contributed by atoms with Crippen molar-refractivity contribution in [2.24, 2.45) is 0 Å². The monoisotopic (exact) mass is 285 g/mol. The average Bonchev–Trinajstić information content (AvgIpc) is 3.17. The normalized spacial score (nSPS) is 13.7. The number of H-pyrrole nitrogens is 1. The number of hydrogen-bond acceptors (Lipinski definition) is 4. The van der Waals surface area contributed by atoms with E-state index >= 15 is 0 Å². The molecule has 5 N–H and O–H groups in total. The lowest BCUT2D eigenvalue weighted by Crippen LogP contribution is -2.27. The molecule has 108 valence electrons. The fraction of sp³-hybridized carbons (Fsp3) is 0.214. The molecule has 1 saturated carbocycles. The van der Waals surface area contributed by atoms with Crippen LogP contribution in [0.25, 0.3) is 0 Å². The molecule has 0 unspecified atom stereocenters. The summed E-state index contributed by atoms with van der Waals surface area (Å²) in [6.07, 6.45) is 2.02. The van der Waals surface area contributed by atoms with Gasteiger partial charge < -0.3 is 16.4 Å². The highest BCUT2D eigenvalue weighted by Crippen LogP contribution is 2.21. The molecule has 7 heteroatoms. The third-order valence-electron chi connectivity index (χ3n) is 3.17. The van der Waals surface area contributed by atoms with Gasteiger partial charge in [-0.1, -0.05) is 12.1 Å². The molecular weight excluding hydrogens is 270 g/mol. The molecule has 0 saturated heterocycles. The first-order valence-corrected chi connectivity index (χ1v) is 6.65. The van der Waals surface area contributed by atoms with Crippen LogP contribution in [0.15, 0.2) is 30.3 Å². The minimum atomic E-state index is -0.397. The molecule has 0 spiro atoms. The second kappa shape index (κ2) is 5.28. The number of carbonyl (C=O) groups is 2. The number of amides is 2. The molecule has 1 aliphatic rings. The van der Waals surface area contributed by atoms with Crippen molar-refractivity contribution in [2.75, 3.05) is 11.1 Å². The van der Waals surface area contributed by atoms with Crippen molar-refractivity contribution in [3.05, 3.63) is 41.6 Å². The third-order valence-corrected chi connectivity index (χ3v) is 3.17. The molecule has 7 nitrogen and oxygen atoms in total. The van der Waals surface area contributed by atoms with E-state index in [1.165, 1.54) is 6.07 Å². The Morgan fingerprint density at radius 3 is 2.67 bits per heavy atom. The first-order valence-electron chi connectivity index (χ1n) is 6.65. The highest BCUT2D eigenvalue weighted by Gasteiger charge is 2.25. The summed E-state index contributed by atoms with van der Waals surface area (Å²) >= 11 is 0. The van der Waals surface area contributed by atoms with Crippen LogP contribution >= 0.6 is 0 Å². The van der Waals surface area contributed by atoms with Crippen molar-refractivity contribution >= 4 is 23.3 Å². The average molecular weight is 285 g/mol. The smallest absolute Gasteiger partial charge is 0.273 e. The van der Waals surface area contributed by atoms with E-state index in [4.69, 9.17) is 5.73 Å². The summed E-state index contributed by atoms with van der Waals surface area (Å²) in [6, 6.07) is 8.56. The SMILES string of the molecule is Nc1cc(C(=O)Nc2ccccc2C(=O)NC2CC2)[nH]n1. The van der Waals surface area contributed by atoms with Crippen LogP contribution in [-0.2, 0) is 0 Å². The first-order chi connectivity index (χ1) is 10.1. The predicted molar refractivity (Wildman–Crippen MR) is 77.9 cm³/mol. The van der Waals surface area contributed by atoms with Crippen LogP contribution in [0.5, 0.6) is 0 Å². The molecule has 1 aliphatic carbocycles. The van der Waals surface area contributed by atoms with Crippen molar-refractivity contribution < 1.29 is 9.59 Å². The molecule has 2 amide bonds. The highest BCUT2D eigenvalue weighted by molar-refractivity contribution is 6.08. The van der Waals surface area contributed by atoms with E-state index in [1.54, 1.807) is 24.3 Å². The molecule has 0 atom stereocenters. The van der Waals surface area contributed by atoms with Crippen LogP contribution in [0.3, 0.4) is 0 Å². The fourth-order valence-corrected chi connectivity index (χ4v) is 1.92. The molecule has 0 bridgehead atoms. The lowest BCUT2D eigenvalue weighted by Gasteiger charge is -2.10. The van der Waals surface area contributed by atoms with Crippen molar-refractivity contribution in [3.8, 4) is 0 Å². The zero-order valence-corrected chi connectivity index (χ0v) is 11.2. The van der Waals surface area contributed by atoms with E-state index in [0.29, 0.717) is 11.3 Å². The molecular formula is C14H15N5O2. The van der Waals surface area contributed by atoms with Gasteiger partial charge in [-0.15, -0.1) is 0 Å². The Bertz CT molecular complexity index is 690. The van der Waals surface area contributed by atoms with Crippen LogP contribution in [0.2, 0.25) is 0 Å². The number of nitrogens with zero attached hydrogens (tertiary/aromatic N) is 1. The van der Waals surface area contributed by atoms with Crippen LogP contribution in [0, 0.1) is 0 Å². The van der Waals surface area contributed by atoms with Gasteiger partial charge in [-0.05, 0) is 25.0 Å². The lowest BCUT2D eigenvalue weighted by atomic mass is 10.1. The molecule has 3 rings (SSSR count). The predicted octanol–water partition coefficient (Wildman–Crippen LogP) is 1.14. The van der Waals surface area contributed by atoms with Gasteiger partial charge in [-0.2, -0.15) is 5.10 Å². The Labute approximate surface area is 120 Å². The van der Waals surface area contributed by atoms with Gasteiger partial charge >= 0.3 is 0 Å². The topological polar surface area (TPSA) is 113 Å². The van der Waals surface area contributed by atoms with E-state index in [1.807, 2.05) is 0 Å². The summed E-state index contributed by atoms with van der Waals surface area (Å²) in [5, 5.41) is 11.8. The minimum Gasteiger partial charge on any atom is -0.382 e. The zero-order chi connectivity index (χ0) is 14.8. The van der Waals surface area contributed by atoms with Crippen molar-refractivity contribution in [3.63, 3.8) is 0 Å². The summed E-state index contributed by atoms with van der Waals surface area (Å²) in [5.74, 6) is -0.344. The summed E-state index contributed by atoms with van der Waals surface area (Å²) in [6.45, 7) is 0. The number of para-hydroxylation sites is 1. The molecule has 21 heavy (non-hydrogen) atoms. The van der Waals surface area contributed by atoms with Gasteiger partial charge in [0.25, 0.3) is 11.8 Å². The van der Waals surface area contributed by atoms with Crippen molar-refractivity contribution in [1.82, 2.24) is 15.5 Å². The number of aromatic nitrogens is 2. The molecule has 0 radical (unpaired) electrons. The number of aromatic amines is 1. The number of carbonyl (C=O) groups excluding carboxylic acids is 2. The maximum atomic E-state index is 12.1. The maximum absolute atomic E-state index is 12.1. The molecule has 1 heterocycles. The summed E-state index contributed by atoms with van der Waals surface area (Å²) < 4.78 is 0. The largest absolute Gasteiger partial charge is 0.382 e. The second-order valence-corrected chi connectivity index (χ2v) is 4.95. The maximum Gasteiger partial charge on any atom is 0.273 e. The van der Waals surface area contributed by atoms with E-state index in [9.17, 15) is 9.59 Å². The number of benzene rings is 1. The van der Waals surface area contributed by atoms with Crippen molar-refractivity contribution in [2.45, 2.75) is 18.9 Å². The van der Waals surface area contributed by atoms with E-state index in [0.717, 1.165) is 12.8 Å². The summed E-state index contributed by atoms with van der Waals surface area (Å²) in [4.78, 5) is 24.2.